The molecule has 2 amide bonds. The lowest BCUT2D eigenvalue weighted by molar-refractivity contribution is -0.133. The Bertz CT molecular complexity index is 1200. The first-order chi connectivity index (χ1) is 16.3. The van der Waals surface area contributed by atoms with Gasteiger partial charge in [0.25, 0.3) is 18.8 Å². The van der Waals surface area contributed by atoms with Crippen molar-refractivity contribution < 1.29 is 31.9 Å². The first-order valence-corrected chi connectivity index (χ1v) is 11.0. The fraction of sp³-hybridized carbons (Fsp3) is 0.261. The Labute approximate surface area is 196 Å². The number of anilines is 1. The number of rotatable bonds is 8. The number of nitrogens with zero attached hydrogens (tertiary/aromatic N) is 1. The number of nitrogens with one attached hydrogen (secondary N) is 2. The second-order valence-electron chi connectivity index (χ2n) is 7.73. The molecule has 11 heteroatoms. The van der Waals surface area contributed by atoms with E-state index in [9.17, 15) is 27.2 Å². The van der Waals surface area contributed by atoms with Gasteiger partial charge in [0.15, 0.2) is 5.13 Å². The van der Waals surface area contributed by atoms with Gasteiger partial charge >= 0.3 is 0 Å². The van der Waals surface area contributed by atoms with Gasteiger partial charge in [0, 0.05) is 22.1 Å². The van der Waals surface area contributed by atoms with Crippen LogP contribution in [0, 0.1) is 0 Å². The van der Waals surface area contributed by atoms with Crippen LogP contribution < -0.4 is 10.6 Å². The van der Waals surface area contributed by atoms with E-state index >= 15 is 0 Å². The third-order valence-electron chi connectivity index (χ3n) is 5.43. The standard InChI is InChI=1S/C23H19F4N3O3S/c24-19(25)14-4-1-3-13(7-14)17-10-34-22(29-17)30-18(31)9-28-20(32)15-5-2-6-16(8-15)23(21(26)27)11-33-12-23/h1-8,10,19,21H,9,11-12H2,(H,28,32)(H,29,30,31). The zero-order chi connectivity index (χ0) is 24.3. The number of carbonyl (C=O) groups excluding carboxylic acids is 2. The summed E-state index contributed by atoms with van der Waals surface area (Å²) in [6, 6.07) is 11.7. The van der Waals surface area contributed by atoms with Crippen LogP contribution in [0.3, 0.4) is 0 Å². The van der Waals surface area contributed by atoms with E-state index in [0.717, 1.165) is 11.3 Å². The molecule has 2 aromatic carbocycles. The molecule has 1 aliphatic heterocycles. The maximum absolute atomic E-state index is 13.5. The van der Waals surface area contributed by atoms with E-state index in [1.165, 1.54) is 42.5 Å². The van der Waals surface area contributed by atoms with Crippen molar-refractivity contribution in [3.8, 4) is 11.3 Å². The zero-order valence-electron chi connectivity index (χ0n) is 17.6. The fourth-order valence-electron chi connectivity index (χ4n) is 3.43. The topological polar surface area (TPSA) is 80.3 Å². The molecule has 0 radical (unpaired) electrons. The number of thiazole rings is 1. The van der Waals surface area contributed by atoms with Crippen molar-refractivity contribution in [2.24, 2.45) is 0 Å². The molecule has 34 heavy (non-hydrogen) atoms. The molecule has 0 bridgehead atoms. The highest BCUT2D eigenvalue weighted by Crippen LogP contribution is 2.38. The van der Waals surface area contributed by atoms with Crippen molar-refractivity contribution >= 4 is 28.3 Å². The van der Waals surface area contributed by atoms with Gasteiger partial charge in [-0.1, -0.05) is 30.3 Å². The molecule has 1 saturated heterocycles. The Morgan fingerprint density at radius 2 is 1.85 bits per heavy atom. The number of alkyl halides is 4. The third-order valence-corrected chi connectivity index (χ3v) is 6.19. The highest BCUT2D eigenvalue weighted by atomic mass is 32.1. The van der Waals surface area contributed by atoms with Crippen LogP contribution in [0.15, 0.2) is 53.9 Å². The smallest absolute Gasteiger partial charge is 0.263 e. The van der Waals surface area contributed by atoms with Crippen LogP contribution in [-0.4, -0.2) is 43.0 Å². The molecule has 1 fully saturated rings. The maximum atomic E-state index is 13.5. The minimum atomic E-state index is -2.63. The summed E-state index contributed by atoms with van der Waals surface area (Å²) in [6.07, 6.45) is -5.24. The van der Waals surface area contributed by atoms with Crippen molar-refractivity contribution in [2.75, 3.05) is 25.1 Å². The lowest BCUT2D eigenvalue weighted by Gasteiger charge is -2.41. The lowest BCUT2D eigenvalue weighted by Crippen LogP contribution is -2.52. The molecule has 0 aliphatic carbocycles. The average Bonchev–Trinajstić information content (AvgIpc) is 3.25. The van der Waals surface area contributed by atoms with E-state index in [2.05, 4.69) is 15.6 Å². The minimum absolute atomic E-state index is 0.125. The van der Waals surface area contributed by atoms with Gasteiger partial charge in [-0.05, 0) is 23.8 Å². The number of benzene rings is 2. The SMILES string of the molecule is O=C(CNC(=O)c1cccc(C2(C(F)F)COC2)c1)Nc1nc(-c2cccc(C(F)F)c2)cs1. The Morgan fingerprint density at radius 3 is 2.53 bits per heavy atom. The molecule has 1 aliphatic rings. The van der Waals surface area contributed by atoms with Crippen molar-refractivity contribution in [3.05, 3.63) is 70.6 Å². The van der Waals surface area contributed by atoms with Gasteiger partial charge in [0.2, 0.25) is 5.91 Å². The number of hydrogen-bond acceptors (Lipinski definition) is 5. The molecular formula is C23H19F4N3O3S. The van der Waals surface area contributed by atoms with Crippen molar-refractivity contribution in [1.29, 1.82) is 0 Å². The van der Waals surface area contributed by atoms with Crippen molar-refractivity contribution in [2.45, 2.75) is 18.3 Å². The number of aromatic nitrogens is 1. The Balaban J connectivity index is 1.35. The Hall–Kier alpha value is -3.31. The van der Waals surface area contributed by atoms with Gasteiger partial charge in [-0.3, -0.25) is 9.59 Å². The summed E-state index contributed by atoms with van der Waals surface area (Å²) in [5.41, 5.74) is -0.194. The van der Waals surface area contributed by atoms with Crippen LogP contribution in [0.2, 0.25) is 0 Å². The molecule has 3 aromatic rings. The molecule has 4 rings (SSSR count). The van der Waals surface area contributed by atoms with Crippen LogP contribution in [0.25, 0.3) is 11.3 Å². The summed E-state index contributed by atoms with van der Waals surface area (Å²) in [4.78, 5) is 28.9. The van der Waals surface area contributed by atoms with E-state index in [0.29, 0.717) is 16.8 Å². The summed E-state index contributed by atoms with van der Waals surface area (Å²) in [5.74, 6) is -1.14. The molecule has 0 spiro atoms. The summed E-state index contributed by atoms with van der Waals surface area (Å²) in [6.45, 7) is -0.622. The largest absolute Gasteiger partial charge is 0.379 e. The molecular weight excluding hydrogens is 474 g/mol. The fourth-order valence-corrected chi connectivity index (χ4v) is 4.17. The van der Waals surface area contributed by atoms with Crippen LogP contribution >= 0.6 is 11.3 Å². The summed E-state index contributed by atoms with van der Waals surface area (Å²) >= 11 is 1.11. The van der Waals surface area contributed by atoms with E-state index in [1.54, 1.807) is 11.4 Å². The van der Waals surface area contributed by atoms with Gasteiger partial charge in [0.1, 0.15) is 5.41 Å². The molecule has 6 nitrogen and oxygen atoms in total. The predicted octanol–water partition coefficient (Wildman–Crippen LogP) is 4.65. The molecule has 2 heterocycles. The number of ether oxygens (including phenoxy) is 1. The molecule has 0 unspecified atom stereocenters. The Morgan fingerprint density at radius 1 is 1.09 bits per heavy atom. The molecule has 0 saturated carbocycles. The normalized spacial score (nSPS) is 14.6. The van der Waals surface area contributed by atoms with Gasteiger partial charge in [-0.15, -0.1) is 11.3 Å². The molecule has 0 atom stereocenters. The van der Waals surface area contributed by atoms with Gasteiger partial charge in [-0.2, -0.15) is 0 Å². The number of halogens is 4. The van der Waals surface area contributed by atoms with Crippen molar-refractivity contribution in [1.82, 2.24) is 10.3 Å². The van der Waals surface area contributed by atoms with Crippen LogP contribution in [0.5, 0.6) is 0 Å². The van der Waals surface area contributed by atoms with E-state index < -0.39 is 30.1 Å². The highest BCUT2D eigenvalue weighted by Gasteiger charge is 2.48. The van der Waals surface area contributed by atoms with Gasteiger partial charge in [0.05, 0.1) is 25.5 Å². The van der Waals surface area contributed by atoms with Gasteiger partial charge in [-0.25, -0.2) is 22.5 Å². The second kappa shape index (κ2) is 9.90. The number of hydrogen-bond donors (Lipinski definition) is 2. The predicted molar refractivity (Wildman–Crippen MR) is 118 cm³/mol. The van der Waals surface area contributed by atoms with E-state index in [4.69, 9.17) is 4.74 Å². The summed E-state index contributed by atoms with van der Waals surface area (Å²) in [5, 5.41) is 6.84. The summed E-state index contributed by atoms with van der Waals surface area (Å²) in [7, 11) is 0. The molecule has 2 N–H and O–H groups in total. The monoisotopic (exact) mass is 493 g/mol. The molecule has 1 aromatic heterocycles. The van der Waals surface area contributed by atoms with Crippen LogP contribution in [-0.2, 0) is 14.9 Å². The number of amides is 2. The lowest BCUT2D eigenvalue weighted by atomic mass is 9.78. The average molecular weight is 493 g/mol. The molecule has 178 valence electrons. The van der Waals surface area contributed by atoms with E-state index in [-0.39, 0.29) is 36.0 Å². The van der Waals surface area contributed by atoms with E-state index in [1.807, 2.05) is 0 Å². The Kier molecular flexibility index (Phi) is 6.94. The number of carbonyl (C=O) groups is 2. The maximum Gasteiger partial charge on any atom is 0.263 e. The van der Waals surface area contributed by atoms with Crippen molar-refractivity contribution in [3.63, 3.8) is 0 Å². The third kappa shape index (κ3) is 4.95. The minimum Gasteiger partial charge on any atom is -0.379 e. The van der Waals surface area contributed by atoms with Gasteiger partial charge < -0.3 is 15.4 Å². The van der Waals surface area contributed by atoms with Crippen LogP contribution in [0.4, 0.5) is 22.7 Å². The summed E-state index contributed by atoms with van der Waals surface area (Å²) < 4.78 is 57.8. The first-order valence-electron chi connectivity index (χ1n) is 10.2. The second-order valence-corrected chi connectivity index (χ2v) is 8.58. The first kappa shape index (κ1) is 23.8. The zero-order valence-corrected chi connectivity index (χ0v) is 18.4. The quantitative estimate of drug-likeness (QED) is 0.448. The van der Waals surface area contributed by atoms with Crippen LogP contribution in [0.1, 0.15) is 27.9 Å². The highest BCUT2D eigenvalue weighted by molar-refractivity contribution is 7.14.